The molecule has 104 valence electrons. The van der Waals surface area contributed by atoms with Gasteiger partial charge in [0, 0.05) is 16.6 Å². The van der Waals surface area contributed by atoms with Crippen LogP contribution >= 0.6 is 0 Å². The number of carbonyl (C=O) groups excluding carboxylic acids is 1. The number of rotatable bonds is 3. The van der Waals surface area contributed by atoms with Gasteiger partial charge in [-0.2, -0.15) is 0 Å². The Labute approximate surface area is 116 Å². The molecule has 0 N–H and O–H groups in total. The standard InChI is InChI=1S/C16H16FNO2/c1-3-13-9(2)15(20-16(19)10-4-5-10)12-8-11(17)6-7-14(12)18-13/h6-8,10H,3-5H2,1-2H3. The van der Waals surface area contributed by atoms with Crippen molar-refractivity contribution in [3.8, 4) is 5.75 Å². The molecule has 0 saturated heterocycles. The number of esters is 1. The lowest BCUT2D eigenvalue weighted by Gasteiger charge is -2.13. The first kappa shape index (κ1) is 13.0. The van der Waals surface area contributed by atoms with Crippen molar-refractivity contribution >= 4 is 16.9 Å². The average Bonchev–Trinajstić information content (AvgIpc) is 3.26. The Morgan fingerprint density at radius 2 is 2.20 bits per heavy atom. The van der Waals surface area contributed by atoms with Crippen LogP contribution in [-0.4, -0.2) is 11.0 Å². The third-order valence-electron chi connectivity index (χ3n) is 3.68. The largest absolute Gasteiger partial charge is 0.425 e. The molecule has 0 bridgehead atoms. The van der Waals surface area contributed by atoms with E-state index in [0.29, 0.717) is 16.7 Å². The van der Waals surface area contributed by atoms with E-state index in [0.717, 1.165) is 30.5 Å². The predicted molar refractivity (Wildman–Crippen MR) is 74.2 cm³/mol. The van der Waals surface area contributed by atoms with E-state index in [2.05, 4.69) is 4.98 Å². The summed E-state index contributed by atoms with van der Waals surface area (Å²) in [5.41, 5.74) is 2.36. The normalized spacial score (nSPS) is 14.6. The summed E-state index contributed by atoms with van der Waals surface area (Å²) in [7, 11) is 0. The Balaban J connectivity index is 2.16. The number of aryl methyl sites for hydroxylation is 1. The van der Waals surface area contributed by atoms with Crippen molar-refractivity contribution in [3.63, 3.8) is 0 Å². The van der Waals surface area contributed by atoms with Gasteiger partial charge in [-0.3, -0.25) is 9.78 Å². The lowest BCUT2D eigenvalue weighted by molar-refractivity contribution is -0.135. The topological polar surface area (TPSA) is 39.2 Å². The molecule has 0 unspecified atom stereocenters. The molecular weight excluding hydrogens is 257 g/mol. The molecule has 3 nitrogen and oxygen atoms in total. The zero-order valence-electron chi connectivity index (χ0n) is 11.6. The molecular formula is C16H16FNO2. The van der Waals surface area contributed by atoms with Crippen LogP contribution in [0.5, 0.6) is 5.75 Å². The fourth-order valence-corrected chi connectivity index (χ4v) is 2.33. The lowest BCUT2D eigenvalue weighted by atomic mass is 10.1. The van der Waals surface area contributed by atoms with Crippen LogP contribution in [0.3, 0.4) is 0 Å². The summed E-state index contributed by atoms with van der Waals surface area (Å²) in [5.74, 6) is -0.0990. The molecule has 0 spiro atoms. The second-order valence-corrected chi connectivity index (χ2v) is 5.22. The summed E-state index contributed by atoms with van der Waals surface area (Å²) in [6.45, 7) is 3.86. The maximum Gasteiger partial charge on any atom is 0.314 e. The van der Waals surface area contributed by atoms with Crippen molar-refractivity contribution in [3.05, 3.63) is 35.3 Å². The average molecular weight is 273 g/mol. The molecule has 0 atom stereocenters. The van der Waals surface area contributed by atoms with Gasteiger partial charge in [0.25, 0.3) is 0 Å². The van der Waals surface area contributed by atoms with Crippen LogP contribution in [0.15, 0.2) is 18.2 Å². The molecule has 1 aromatic heterocycles. The van der Waals surface area contributed by atoms with Crippen LogP contribution in [0.25, 0.3) is 10.9 Å². The van der Waals surface area contributed by atoms with E-state index in [4.69, 9.17) is 4.74 Å². The summed E-state index contributed by atoms with van der Waals surface area (Å²) < 4.78 is 19.0. The fourth-order valence-electron chi connectivity index (χ4n) is 2.33. The number of nitrogens with zero attached hydrogens (tertiary/aromatic N) is 1. The van der Waals surface area contributed by atoms with E-state index >= 15 is 0 Å². The molecule has 1 fully saturated rings. The van der Waals surface area contributed by atoms with Crippen molar-refractivity contribution in [1.82, 2.24) is 4.98 Å². The number of pyridine rings is 1. The minimum Gasteiger partial charge on any atom is -0.425 e. The van der Waals surface area contributed by atoms with E-state index < -0.39 is 0 Å². The summed E-state index contributed by atoms with van der Waals surface area (Å²) in [6.07, 6.45) is 2.51. The van der Waals surface area contributed by atoms with E-state index in [1.54, 1.807) is 6.07 Å². The molecule has 20 heavy (non-hydrogen) atoms. The third-order valence-corrected chi connectivity index (χ3v) is 3.68. The molecule has 0 aliphatic heterocycles. The summed E-state index contributed by atoms with van der Waals surface area (Å²) in [5, 5.41) is 0.564. The Kier molecular flexibility index (Phi) is 3.16. The van der Waals surface area contributed by atoms with Crippen molar-refractivity contribution in [2.24, 2.45) is 5.92 Å². The van der Waals surface area contributed by atoms with Gasteiger partial charge in [0.15, 0.2) is 0 Å². The molecule has 4 heteroatoms. The minimum atomic E-state index is -0.355. The van der Waals surface area contributed by atoms with Gasteiger partial charge in [-0.05, 0) is 44.4 Å². The quantitative estimate of drug-likeness (QED) is 0.803. The number of benzene rings is 1. The Bertz CT molecular complexity index is 692. The Hall–Kier alpha value is -1.97. The van der Waals surface area contributed by atoms with Gasteiger partial charge in [0.2, 0.25) is 0 Å². The first-order valence-corrected chi connectivity index (χ1v) is 6.90. The SMILES string of the molecule is CCc1nc2ccc(F)cc2c(OC(=O)C2CC2)c1C. The second kappa shape index (κ2) is 4.85. The van der Waals surface area contributed by atoms with Crippen molar-refractivity contribution < 1.29 is 13.9 Å². The van der Waals surface area contributed by atoms with E-state index in [9.17, 15) is 9.18 Å². The molecule has 1 saturated carbocycles. The number of ether oxygens (including phenoxy) is 1. The van der Waals surface area contributed by atoms with Gasteiger partial charge in [-0.1, -0.05) is 6.92 Å². The highest BCUT2D eigenvalue weighted by Crippen LogP contribution is 2.35. The molecule has 1 heterocycles. The maximum absolute atomic E-state index is 13.5. The van der Waals surface area contributed by atoms with Crippen LogP contribution in [-0.2, 0) is 11.2 Å². The van der Waals surface area contributed by atoms with E-state index in [1.807, 2.05) is 13.8 Å². The van der Waals surface area contributed by atoms with Gasteiger partial charge in [0.1, 0.15) is 11.6 Å². The molecule has 3 rings (SSSR count). The first-order valence-electron chi connectivity index (χ1n) is 6.90. The number of carbonyl (C=O) groups is 1. The number of aromatic nitrogens is 1. The van der Waals surface area contributed by atoms with Crippen LogP contribution in [0.4, 0.5) is 4.39 Å². The minimum absolute atomic E-state index is 0.0104. The fraction of sp³-hybridized carbons (Fsp3) is 0.375. The number of hydrogen-bond acceptors (Lipinski definition) is 3. The van der Waals surface area contributed by atoms with Crippen LogP contribution in [0, 0.1) is 18.7 Å². The summed E-state index contributed by atoms with van der Waals surface area (Å²) >= 11 is 0. The van der Waals surface area contributed by atoms with Crippen molar-refractivity contribution in [1.29, 1.82) is 0 Å². The zero-order valence-corrected chi connectivity index (χ0v) is 11.6. The highest BCUT2D eigenvalue weighted by Gasteiger charge is 2.32. The van der Waals surface area contributed by atoms with Crippen LogP contribution < -0.4 is 4.74 Å². The van der Waals surface area contributed by atoms with Crippen molar-refractivity contribution in [2.75, 3.05) is 0 Å². The Morgan fingerprint density at radius 1 is 1.45 bits per heavy atom. The third kappa shape index (κ3) is 2.26. The monoisotopic (exact) mass is 273 g/mol. The zero-order chi connectivity index (χ0) is 14.3. The smallest absolute Gasteiger partial charge is 0.314 e. The maximum atomic E-state index is 13.5. The molecule has 2 aromatic rings. The van der Waals surface area contributed by atoms with Crippen LogP contribution in [0.2, 0.25) is 0 Å². The first-order chi connectivity index (χ1) is 9.60. The Morgan fingerprint density at radius 3 is 2.85 bits per heavy atom. The number of halogens is 1. The van der Waals surface area contributed by atoms with Crippen molar-refractivity contribution in [2.45, 2.75) is 33.1 Å². The predicted octanol–water partition coefficient (Wildman–Crippen LogP) is 3.56. The molecule has 1 aliphatic rings. The highest BCUT2D eigenvalue weighted by molar-refractivity contribution is 5.90. The van der Waals surface area contributed by atoms with Gasteiger partial charge in [0.05, 0.1) is 11.4 Å². The van der Waals surface area contributed by atoms with Gasteiger partial charge in [-0.25, -0.2) is 4.39 Å². The number of hydrogen-bond donors (Lipinski definition) is 0. The lowest BCUT2D eigenvalue weighted by Crippen LogP contribution is -2.12. The number of fused-ring (bicyclic) bond motifs is 1. The molecule has 0 radical (unpaired) electrons. The summed E-state index contributed by atoms with van der Waals surface area (Å²) in [6, 6.07) is 4.37. The highest BCUT2D eigenvalue weighted by atomic mass is 19.1. The molecule has 1 aromatic carbocycles. The van der Waals surface area contributed by atoms with Gasteiger partial charge < -0.3 is 4.74 Å². The van der Waals surface area contributed by atoms with Crippen LogP contribution in [0.1, 0.15) is 31.0 Å². The van der Waals surface area contributed by atoms with E-state index in [1.165, 1.54) is 12.1 Å². The second-order valence-electron chi connectivity index (χ2n) is 5.22. The molecule has 0 amide bonds. The van der Waals surface area contributed by atoms with Gasteiger partial charge >= 0.3 is 5.97 Å². The molecule has 1 aliphatic carbocycles. The summed E-state index contributed by atoms with van der Waals surface area (Å²) in [4.78, 5) is 16.4. The van der Waals surface area contributed by atoms with E-state index in [-0.39, 0.29) is 17.7 Å². The van der Waals surface area contributed by atoms with Gasteiger partial charge in [-0.15, -0.1) is 0 Å².